The van der Waals surface area contributed by atoms with Gasteiger partial charge in [-0.1, -0.05) is 0 Å². The van der Waals surface area contributed by atoms with Crippen LogP contribution in [0.15, 0.2) is 18.5 Å². The first-order valence-electron chi connectivity index (χ1n) is 9.41. The van der Waals surface area contributed by atoms with E-state index in [9.17, 15) is 4.79 Å². The van der Waals surface area contributed by atoms with Crippen LogP contribution in [0.4, 0.5) is 5.95 Å². The van der Waals surface area contributed by atoms with Gasteiger partial charge in [0.25, 0.3) is 0 Å². The number of ether oxygens (including phenoxy) is 1. The molecule has 4 heterocycles. The Hall–Kier alpha value is -1.15. The Morgan fingerprint density at radius 3 is 2.59 bits per heavy atom. The first-order valence-corrected chi connectivity index (χ1v) is 9.41. The summed E-state index contributed by atoms with van der Waals surface area (Å²) < 4.78 is 5.76. The molecule has 0 aliphatic carbocycles. The zero-order valence-electron chi connectivity index (χ0n) is 15.5. The number of carbonyl (C=O) groups excluding carboxylic acids is 1. The van der Waals surface area contributed by atoms with Gasteiger partial charge in [0.2, 0.25) is 5.95 Å². The fourth-order valence-corrected chi connectivity index (χ4v) is 4.35. The fraction of sp³-hybridized carbons (Fsp3) is 0.722. The third kappa shape index (κ3) is 5.02. The van der Waals surface area contributed by atoms with E-state index in [0.29, 0.717) is 0 Å². The number of anilines is 1. The van der Waals surface area contributed by atoms with Gasteiger partial charge in [-0.05, 0) is 38.4 Å². The van der Waals surface area contributed by atoms with Crippen molar-refractivity contribution >= 4 is 36.7 Å². The number of aromatic nitrogens is 2. The summed E-state index contributed by atoms with van der Waals surface area (Å²) in [6.45, 7) is 6.59. The van der Waals surface area contributed by atoms with Crippen molar-refractivity contribution in [2.45, 2.75) is 31.8 Å². The molecule has 0 bridgehead atoms. The number of nitrogens with zero attached hydrogens (tertiary/aromatic N) is 4. The summed E-state index contributed by atoms with van der Waals surface area (Å²) in [7, 11) is 0. The van der Waals surface area contributed by atoms with E-state index < -0.39 is 0 Å². The zero-order valence-corrected chi connectivity index (χ0v) is 17.1. The molecule has 0 radical (unpaired) electrons. The molecule has 0 saturated carbocycles. The molecule has 3 aliphatic heterocycles. The highest BCUT2D eigenvalue weighted by atomic mass is 35.5. The van der Waals surface area contributed by atoms with Crippen LogP contribution in [0.25, 0.3) is 0 Å². The van der Waals surface area contributed by atoms with Crippen LogP contribution in [0, 0.1) is 5.41 Å². The molecule has 7 nitrogen and oxygen atoms in total. The maximum atomic E-state index is 12.4. The summed E-state index contributed by atoms with van der Waals surface area (Å²) >= 11 is 0. The Morgan fingerprint density at radius 1 is 1.11 bits per heavy atom. The van der Waals surface area contributed by atoms with Gasteiger partial charge in [0.1, 0.15) is 6.10 Å². The quantitative estimate of drug-likeness (QED) is 0.747. The van der Waals surface area contributed by atoms with E-state index in [2.05, 4.69) is 25.1 Å². The second-order valence-electron chi connectivity index (χ2n) is 7.45. The van der Waals surface area contributed by atoms with E-state index in [4.69, 9.17) is 4.74 Å². The highest BCUT2D eigenvalue weighted by Gasteiger charge is 2.49. The summed E-state index contributed by atoms with van der Waals surface area (Å²) in [4.78, 5) is 25.8. The van der Waals surface area contributed by atoms with E-state index in [1.165, 1.54) is 0 Å². The maximum Gasteiger partial charge on any atom is 0.312 e. The molecule has 1 N–H and O–H groups in total. The molecule has 152 valence electrons. The summed E-state index contributed by atoms with van der Waals surface area (Å²) in [6.07, 6.45) is 7.43. The molecule has 3 saturated heterocycles. The minimum absolute atomic E-state index is 0. The Bertz CT molecular complexity index is 601. The molecule has 1 atom stereocenters. The minimum Gasteiger partial charge on any atom is -0.461 e. The molecule has 1 spiro atoms. The average molecular weight is 418 g/mol. The van der Waals surface area contributed by atoms with E-state index in [1.807, 2.05) is 6.07 Å². The molecule has 4 rings (SSSR count). The minimum atomic E-state index is -0.217. The van der Waals surface area contributed by atoms with E-state index >= 15 is 0 Å². The van der Waals surface area contributed by atoms with Crippen molar-refractivity contribution in [2.75, 3.05) is 50.7 Å². The van der Waals surface area contributed by atoms with E-state index in [1.54, 1.807) is 12.4 Å². The lowest BCUT2D eigenvalue weighted by Crippen LogP contribution is -2.40. The van der Waals surface area contributed by atoms with Crippen LogP contribution < -0.4 is 10.2 Å². The number of hydrogen-bond donors (Lipinski definition) is 1. The van der Waals surface area contributed by atoms with Crippen molar-refractivity contribution in [3.05, 3.63) is 18.5 Å². The number of carbonyl (C=O) groups is 1. The standard InChI is InChI=1S/C18H27N5O2.2ClH/c24-16-18(3-7-19-8-4-18)13-15(25-16)14-22-9-2-10-23(12-11-22)17-20-5-1-6-21-17;;/h1,5-6,15,19H,2-4,7-14H2;2*1H. The second-order valence-corrected chi connectivity index (χ2v) is 7.45. The van der Waals surface area contributed by atoms with Crippen molar-refractivity contribution in [1.29, 1.82) is 0 Å². The lowest BCUT2D eigenvalue weighted by molar-refractivity contribution is -0.150. The SMILES string of the molecule is Cl.Cl.O=C1OC(CN2CCCN(c3ncccn3)CC2)CC12CCNCC2. The van der Waals surface area contributed by atoms with Crippen LogP contribution in [-0.4, -0.2) is 72.8 Å². The molecule has 27 heavy (non-hydrogen) atoms. The normalized spacial score (nSPS) is 25.3. The number of cyclic esters (lactones) is 1. The summed E-state index contributed by atoms with van der Waals surface area (Å²) in [5, 5.41) is 3.35. The van der Waals surface area contributed by atoms with Gasteiger partial charge in [-0.15, -0.1) is 24.8 Å². The molecule has 1 unspecified atom stereocenters. The van der Waals surface area contributed by atoms with Crippen LogP contribution in [0.3, 0.4) is 0 Å². The molecule has 0 aromatic carbocycles. The van der Waals surface area contributed by atoms with Gasteiger partial charge in [0, 0.05) is 51.5 Å². The Kier molecular flexibility index (Phi) is 8.09. The topological polar surface area (TPSA) is 70.6 Å². The van der Waals surface area contributed by atoms with Crippen molar-refractivity contribution < 1.29 is 9.53 Å². The molecule has 3 aliphatic rings. The number of nitrogens with one attached hydrogen (secondary N) is 1. The largest absolute Gasteiger partial charge is 0.461 e. The van der Waals surface area contributed by atoms with Crippen molar-refractivity contribution in [3.63, 3.8) is 0 Å². The number of esters is 1. The molecule has 3 fully saturated rings. The monoisotopic (exact) mass is 417 g/mol. The molecular formula is C18H29Cl2N5O2. The summed E-state index contributed by atoms with van der Waals surface area (Å²) in [5.74, 6) is 0.846. The van der Waals surface area contributed by atoms with Gasteiger partial charge >= 0.3 is 5.97 Å². The first kappa shape index (κ1) is 22.1. The third-order valence-electron chi connectivity index (χ3n) is 5.77. The van der Waals surface area contributed by atoms with Crippen LogP contribution in [0.2, 0.25) is 0 Å². The molecule has 1 aromatic rings. The Morgan fingerprint density at radius 2 is 1.85 bits per heavy atom. The summed E-state index contributed by atoms with van der Waals surface area (Å²) in [6, 6.07) is 1.85. The van der Waals surface area contributed by atoms with Gasteiger partial charge < -0.3 is 15.0 Å². The first-order chi connectivity index (χ1) is 12.3. The van der Waals surface area contributed by atoms with Crippen LogP contribution in [0.5, 0.6) is 0 Å². The lowest BCUT2D eigenvalue weighted by Gasteiger charge is -2.29. The van der Waals surface area contributed by atoms with Crippen molar-refractivity contribution in [2.24, 2.45) is 5.41 Å². The molecule has 9 heteroatoms. The van der Waals surface area contributed by atoms with Crippen molar-refractivity contribution in [1.82, 2.24) is 20.2 Å². The highest BCUT2D eigenvalue weighted by Crippen LogP contribution is 2.41. The van der Waals surface area contributed by atoms with E-state index in [-0.39, 0.29) is 42.3 Å². The van der Waals surface area contributed by atoms with Gasteiger partial charge in [0.15, 0.2) is 0 Å². The predicted octanol–water partition coefficient (Wildman–Crippen LogP) is 1.52. The average Bonchev–Trinajstić information content (AvgIpc) is 2.81. The third-order valence-corrected chi connectivity index (χ3v) is 5.77. The molecule has 0 amide bonds. The fourth-order valence-electron chi connectivity index (χ4n) is 4.35. The second kappa shape index (κ2) is 9.87. The number of hydrogen-bond acceptors (Lipinski definition) is 7. The molecule has 1 aromatic heterocycles. The summed E-state index contributed by atoms with van der Waals surface area (Å²) in [5.41, 5.74) is -0.217. The van der Waals surface area contributed by atoms with E-state index in [0.717, 1.165) is 77.4 Å². The number of piperidine rings is 1. The number of rotatable bonds is 3. The maximum absolute atomic E-state index is 12.4. The smallest absolute Gasteiger partial charge is 0.312 e. The predicted molar refractivity (Wildman–Crippen MR) is 109 cm³/mol. The van der Waals surface area contributed by atoms with Crippen LogP contribution in [0.1, 0.15) is 25.7 Å². The number of halogens is 2. The Labute approximate surface area is 173 Å². The molecular weight excluding hydrogens is 389 g/mol. The lowest BCUT2D eigenvalue weighted by atomic mass is 9.76. The van der Waals surface area contributed by atoms with Gasteiger partial charge in [0.05, 0.1) is 5.41 Å². The van der Waals surface area contributed by atoms with Crippen LogP contribution >= 0.6 is 24.8 Å². The van der Waals surface area contributed by atoms with Gasteiger partial charge in [-0.3, -0.25) is 9.69 Å². The van der Waals surface area contributed by atoms with Gasteiger partial charge in [-0.25, -0.2) is 9.97 Å². The van der Waals surface area contributed by atoms with Crippen molar-refractivity contribution in [3.8, 4) is 0 Å². The zero-order chi connectivity index (χ0) is 17.1. The van der Waals surface area contributed by atoms with Crippen LogP contribution in [-0.2, 0) is 9.53 Å². The van der Waals surface area contributed by atoms with Gasteiger partial charge in [-0.2, -0.15) is 0 Å². The Balaban J connectivity index is 0.00000131. The highest BCUT2D eigenvalue weighted by molar-refractivity contribution is 5.85.